The Labute approximate surface area is 158 Å². The predicted molar refractivity (Wildman–Crippen MR) is 107 cm³/mol. The molecule has 2 atom stereocenters. The highest BCUT2D eigenvalue weighted by molar-refractivity contribution is 5.67. The molecule has 1 aliphatic rings. The van der Waals surface area contributed by atoms with E-state index in [2.05, 4.69) is 47.4 Å². The van der Waals surface area contributed by atoms with Crippen LogP contribution in [0.15, 0.2) is 43.1 Å². The molecule has 6 heteroatoms. The number of imidazole rings is 1. The Morgan fingerprint density at radius 2 is 1.89 bits per heavy atom. The summed E-state index contributed by atoms with van der Waals surface area (Å²) in [5, 5.41) is 4.50. The van der Waals surface area contributed by atoms with Crippen molar-refractivity contribution < 1.29 is 4.39 Å². The minimum absolute atomic E-state index is 0.216. The van der Waals surface area contributed by atoms with Crippen molar-refractivity contribution in [1.82, 2.24) is 19.5 Å². The number of aromatic nitrogens is 3. The monoisotopic (exact) mass is 365 g/mol. The normalized spacial score (nSPS) is 21.0. The van der Waals surface area contributed by atoms with Gasteiger partial charge in [-0.3, -0.25) is 4.90 Å². The quantitative estimate of drug-likeness (QED) is 0.709. The highest BCUT2D eigenvalue weighted by atomic mass is 19.1. The van der Waals surface area contributed by atoms with Crippen molar-refractivity contribution in [1.29, 1.82) is 0 Å². The molecule has 3 heterocycles. The zero-order chi connectivity index (χ0) is 19.1. The summed E-state index contributed by atoms with van der Waals surface area (Å²) in [6.45, 7) is 9.74. The molecule has 3 aromatic rings. The van der Waals surface area contributed by atoms with Gasteiger partial charge in [0.15, 0.2) is 5.65 Å². The number of piperazine rings is 1. The topological polar surface area (TPSA) is 36.7 Å². The van der Waals surface area contributed by atoms with E-state index < -0.39 is 0 Å². The molecule has 0 N–H and O–H groups in total. The molecule has 1 saturated heterocycles. The summed E-state index contributed by atoms with van der Waals surface area (Å²) in [6.07, 6.45) is 3.41. The summed E-state index contributed by atoms with van der Waals surface area (Å²) >= 11 is 0. The maximum Gasteiger partial charge on any atom is 0.154 e. The van der Waals surface area contributed by atoms with Crippen LogP contribution in [0.2, 0.25) is 0 Å². The molecule has 4 rings (SSSR count). The average Bonchev–Trinajstić information content (AvgIpc) is 3.08. The van der Waals surface area contributed by atoms with Gasteiger partial charge in [-0.15, -0.1) is 0 Å². The Morgan fingerprint density at radius 1 is 1.15 bits per heavy atom. The smallest absolute Gasteiger partial charge is 0.154 e. The molecule has 0 aliphatic carbocycles. The minimum Gasteiger partial charge on any atom is -0.366 e. The van der Waals surface area contributed by atoms with E-state index in [0.29, 0.717) is 17.8 Å². The van der Waals surface area contributed by atoms with Crippen molar-refractivity contribution in [3.05, 3.63) is 54.6 Å². The fourth-order valence-corrected chi connectivity index (χ4v) is 3.72. The first-order valence-electron chi connectivity index (χ1n) is 9.22. The first kappa shape index (κ1) is 17.7. The highest BCUT2D eigenvalue weighted by Gasteiger charge is 2.28. The van der Waals surface area contributed by atoms with Crippen LogP contribution < -0.4 is 4.90 Å². The summed E-state index contributed by atoms with van der Waals surface area (Å²) in [4.78, 5) is 8.84. The Hall–Kier alpha value is -2.73. The average molecular weight is 365 g/mol. The van der Waals surface area contributed by atoms with Crippen LogP contribution >= 0.6 is 0 Å². The number of nitrogens with zero attached hydrogens (tertiary/aromatic N) is 5. The third kappa shape index (κ3) is 3.10. The Balaban J connectivity index is 1.69. The van der Waals surface area contributed by atoms with E-state index in [0.717, 1.165) is 35.7 Å². The maximum atomic E-state index is 15.0. The molecule has 0 spiro atoms. The lowest BCUT2D eigenvalue weighted by Crippen LogP contribution is -2.55. The molecular weight excluding hydrogens is 341 g/mol. The second kappa shape index (κ2) is 6.78. The minimum atomic E-state index is -0.216. The third-order valence-electron chi connectivity index (χ3n) is 5.54. The second-order valence-electron chi connectivity index (χ2n) is 7.31. The Morgan fingerprint density at radius 3 is 2.56 bits per heavy atom. The number of anilines is 1. The van der Waals surface area contributed by atoms with Gasteiger partial charge in [0.2, 0.25) is 0 Å². The van der Waals surface area contributed by atoms with Crippen LogP contribution in [0.4, 0.5) is 10.1 Å². The van der Waals surface area contributed by atoms with Crippen LogP contribution in [0.1, 0.15) is 19.5 Å². The van der Waals surface area contributed by atoms with Gasteiger partial charge < -0.3 is 4.90 Å². The molecule has 0 unspecified atom stereocenters. The lowest BCUT2D eigenvalue weighted by molar-refractivity contribution is 0.169. The van der Waals surface area contributed by atoms with Crippen molar-refractivity contribution in [2.75, 3.05) is 25.0 Å². The summed E-state index contributed by atoms with van der Waals surface area (Å²) in [5.74, 6) is -0.216. The zero-order valence-corrected chi connectivity index (χ0v) is 15.9. The van der Waals surface area contributed by atoms with E-state index in [1.165, 1.54) is 0 Å². The van der Waals surface area contributed by atoms with Crippen LogP contribution in [0.25, 0.3) is 23.0 Å². The van der Waals surface area contributed by atoms with Gasteiger partial charge in [-0.05, 0) is 51.2 Å². The van der Waals surface area contributed by atoms with E-state index in [-0.39, 0.29) is 5.82 Å². The van der Waals surface area contributed by atoms with Crippen molar-refractivity contribution in [2.24, 2.45) is 0 Å². The molecule has 5 nitrogen and oxygen atoms in total. The number of hydrogen-bond donors (Lipinski definition) is 0. The first-order valence-corrected chi connectivity index (χ1v) is 9.22. The standard InChI is InChI=1S/C21H24FN5/c1-5-17-7-9-21-23-11-20(27(21)24-17)16-6-8-19(18(22)10-16)26-12-14(2)25(4)15(3)13-26/h5-11,14-15H,1,12-13H2,2-4H3/t14-,15+. The lowest BCUT2D eigenvalue weighted by atomic mass is 10.1. The summed E-state index contributed by atoms with van der Waals surface area (Å²) in [6, 6.07) is 9.89. The Bertz CT molecular complexity index is 983. The number of fused-ring (bicyclic) bond motifs is 1. The van der Waals surface area contributed by atoms with Gasteiger partial charge in [-0.25, -0.2) is 13.9 Å². The third-order valence-corrected chi connectivity index (χ3v) is 5.54. The summed E-state index contributed by atoms with van der Waals surface area (Å²) in [5.41, 5.74) is 3.65. The summed E-state index contributed by atoms with van der Waals surface area (Å²) < 4.78 is 16.7. The van der Waals surface area contributed by atoms with Gasteiger partial charge >= 0.3 is 0 Å². The van der Waals surface area contributed by atoms with Crippen LogP contribution in [0.3, 0.4) is 0 Å². The number of rotatable bonds is 3. The van der Waals surface area contributed by atoms with Gasteiger partial charge in [0.1, 0.15) is 5.82 Å². The molecule has 0 radical (unpaired) electrons. The fraction of sp³-hybridized carbons (Fsp3) is 0.333. The number of likely N-dealkylation sites (N-methyl/N-ethyl adjacent to an activating group) is 1. The van der Waals surface area contributed by atoms with Gasteiger partial charge in [0, 0.05) is 30.7 Å². The molecule has 140 valence electrons. The first-order chi connectivity index (χ1) is 13.0. The van der Waals surface area contributed by atoms with Gasteiger partial charge in [-0.1, -0.05) is 12.6 Å². The molecule has 27 heavy (non-hydrogen) atoms. The highest BCUT2D eigenvalue weighted by Crippen LogP contribution is 2.29. The van der Waals surface area contributed by atoms with Gasteiger partial charge in [0.05, 0.1) is 23.3 Å². The number of benzene rings is 1. The van der Waals surface area contributed by atoms with Crippen molar-refractivity contribution >= 4 is 17.4 Å². The van der Waals surface area contributed by atoms with Crippen LogP contribution in [0, 0.1) is 5.82 Å². The van der Waals surface area contributed by atoms with Crippen LogP contribution in [-0.2, 0) is 0 Å². The molecule has 1 aliphatic heterocycles. The fourth-order valence-electron chi connectivity index (χ4n) is 3.72. The molecule has 0 amide bonds. The van der Waals surface area contributed by atoms with E-state index in [4.69, 9.17) is 0 Å². The molecule has 1 aromatic carbocycles. The van der Waals surface area contributed by atoms with E-state index in [9.17, 15) is 0 Å². The summed E-state index contributed by atoms with van der Waals surface area (Å²) in [7, 11) is 2.13. The second-order valence-corrected chi connectivity index (χ2v) is 7.31. The van der Waals surface area contributed by atoms with Crippen LogP contribution in [-0.4, -0.2) is 51.7 Å². The lowest BCUT2D eigenvalue weighted by Gasteiger charge is -2.43. The molecule has 1 fully saturated rings. The van der Waals surface area contributed by atoms with Crippen molar-refractivity contribution in [3.8, 4) is 11.3 Å². The largest absolute Gasteiger partial charge is 0.366 e. The molecular formula is C21H24FN5. The number of halogens is 1. The number of hydrogen-bond acceptors (Lipinski definition) is 4. The molecule has 0 saturated carbocycles. The zero-order valence-electron chi connectivity index (χ0n) is 15.9. The van der Waals surface area contributed by atoms with Gasteiger partial charge in [-0.2, -0.15) is 5.10 Å². The van der Waals surface area contributed by atoms with Crippen LogP contribution in [0.5, 0.6) is 0 Å². The van der Waals surface area contributed by atoms with Gasteiger partial charge in [0.25, 0.3) is 0 Å². The van der Waals surface area contributed by atoms with Crippen molar-refractivity contribution in [2.45, 2.75) is 25.9 Å². The van der Waals surface area contributed by atoms with E-state index in [1.807, 2.05) is 24.3 Å². The molecule has 0 bridgehead atoms. The Kier molecular flexibility index (Phi) is 4.44. The SMILES string of the molecule is C=Cc1ccc2ncc(-c3ccc(N4C[C@@H](C)N(C)[C@@H](C)C4)c(F)c3)n2n1. The van der Waals surface area contributed by atoms with E-state index >= 15 is 4.39 Å². The van der Waals surface area contributed by atoms with E-state index in [1.54, 1.807) is 22.9 Å². The maximum absolute atomic E-state index is 15.0. The van der Waals surface area contributed by atoms with Crippen molar-refractivity contribution in [3.63, 3.8) is 0 Å². The molecule has 2 aromatic heterocycles. The predicted octanol–water partition coefficient (Wildman–Crippen LogP) is 3.71.